The zero-order chi connectivity index (χ0) is 17.2. The second kappa shape index (κ2) is 10.4. The normalized spacial score (nSPS) is 17.0. The van der Waals surface area contributed by atoms with Crippen molar-refractivity contribution in [1.29, 1.82) is 0 Å². The van der Waals surface area contributed by atoms with Crippen LogP contribution in [0.4, 0.5) is 0 Å². The maximum Gasteiger partial charge on any atom is 0.242 e. The van der Waals surface area contributed by atoms with Gasteiger partial charge in [-0.3, -0.25) is 9.78 Å². The second-order valence-electron chi connectivity index (χ2n) is 6.60. The van der Waals surface area contributed by atoms with E-state index in [2.05, 4.69) is 17.2 Å². The molecule has 2 heterocycles. The predicted molar refractivity (Wildman–Crippen MR) is 95.6 cm³/mol. The fourth-order valence-corrected chi connectivity index (χ4v) is 3.21. The molecule has 2 atom stereocenters. The molecule has 24 heavy (non-hydrogen) atoms. The highest BCUT2D eigenvalue weighted by molar-refractivity contribution is 5.83. The zero-order valence-corrected chi connectivity index (χ0v) is 14.8. The van der Waals surface area contributed by atoms with Crippen LogP contribution in [0.15, 0.2) is 24.5 Å². The SMILES string of the molecule is CCCCCCCN[C@@H](C(=O)N1CCCC1)[C@@H](O)c1ccncc1. The Morgan fingerprint density at radius 3 is 2.54 bits per heavy atom. The summed E-state index contributed by atoms with van der Waals surface area (Å²) in [5.41, 5.74) is 0.737. The molecule has 0 radical (unpaired) electrons. The molecule has 0 unspecified atom stereocenters. The number of amides is 1. The molecule has 0 saturated carbocycles. The molecule has 1 aromatic rings. The van der Waals surface area contributed by atoms with E-state index < -0.39 is 12.1 Å². The van der Waals surface area contributed by atoms with Crippen LogP contribution in [0.1, 0.15) is 63.5 Å². The number of rotatable bonds is 10. The molecular weight excluding hydrogens is 302 g/mol. The first-order valence-corrected chi connectivity index (χ1v) is 9.34. The van der Waals surface area contributed by atoms with Crippen molar-refractivity contribution in [3.05, 3.63) is 30.1 Å². The van der Waals surface area contributed by atoms with Crippen molar-refractivity contribution in [1.82, 2.24) is 15.2 Å². The van der Waals surface area contributed by atoms with Gasteiger partial charge >= 0.3 is 0 Å². The largest absolute Gasteiger partial charge is 0.386 e. The van der Waals surface area contributed by atoms with Gasteiger partial charge in [-0.1, -0.05) is 32.6 Å². The lowest BCUT2D eigenvalue weighted by Crippen LogP contribution is -2.49. The number of nitrogens with one attached hydrogen (secondary N) is 1. The summed E-state index contributed by atoms with van der Waals surface area (Å²) in [7, 11) is 0. The lowest BCUT2D eigenvalue weighted by molar-refractivity contribution is -0.135. The molecule has 0 spiro atoms. The van der Waals surface area contributed by atoms with Gasteiger partial charge in [0.25, 0.3) is 0 Å². The highest BCUT2D eigenvalue weighted by Crippen LogP contribution is 2.20. The first-order chi connectivity index (χ1) is 11.7. The quantitative estimate of drug-likeness (QED) is 0.646. The Kier molecular flexibility index (Phi) is 8.19. The van der Waals surface area contributed by atoms with Gasteiger partial charge in [0.15, 0.2) is 0 Å². The van der Waals surface area contributed by atoms with Crippen LogP contribution in [0.2, 0.25) is 0 Å². The summed E-state index contributed by atoms with van der Waals surface area (Å²) in [5.74, 6) is 0.0189. The van der Waals surface area contributed by atoms with E-state index in [1.807, 2.05) is 4.90 Å². The van der Waals surface area contributed by atoms with Crippen LogP contribution in [0.3, 0.4) is 0 Å². The van der Waals surface area contributed by atoms with Gasteiger partial charge in [0.05, 0.1) is 0 Å². The van der Waals surface area contributed by atoms with Crippen molar-refractivity contribution >= 4 is 5.91 Å². The number of aliphatic hydroxyl groups is 1. The molecule has 2 N–H and O–H groups in total. The molecule has 1 aliphatic rings. The van der Waals surface area contributed by atoms with Crippen molar-refractivity contribution in [2.75, 3.05) is 19.6 Å². The van der Waals surface area contributed by atoms with Gasteiger partial charge < -0.3 is 15.3 Å². The molecule has 1 amide bonds. The molecule has 0 aromatic carbocycles. The summed E-state index contributed by atoms with van der Waals surface area (Å²) in [6, 6.07) is 2.98. The number of carbonyl (C=O) groups excluding carboxylic acids is 1. The van der Waals surface area contributed by atoms with E-state index in [1.54, 1.807) is 24.5 Å². The van der Waals surface area contributed by atoms with Crippen molar-refractivity contribution in [2.45, 2.75) is 64.0 Å². The maximum atomic E-state index is 12.8. The summed E-state index contributed by atoms with van der Waals surface area (Å²) >= 11 is 0. The minimum Gasteiger partial charge on any atom is -0.386 e. The van der Waals surface area contributed by atoms with Crippen molar-refractivity contribution in [2.24, 2.45) is 0 Å². The molecule has 5 nitrogen and oxygen atoms in total. The standard InChI is InChI=1S/C19H31N3O2/c1-2-3-4-5-6-11-21-17(19(24)22-14-7-8-15-22)18(23)16-9-12-20-13-10-16/h9-10,12-13,17-18,21,23H,2-8,11,14-15H2,1H3/t17-,18+/m1/s1. The Bertz CT molecular complexity index is 475. The van der Waals surface area contributed by atoms with Gasteiger partial charge in [-0.15, -0.1) is 0 Å². The number of hydrogen-bond acceptors (Lipinski definition) is 4. The minimum atomic E-state index is -0.836. The lowest BCUT2D eigenvalue weighted by Gasteiger charge is -2.28. The number of pyridine rings is 1. The van der Waals surface area contributed by atoms with E-state index in [0.717, 1.165) is 50.9 Å². The molecule has 1 aromatic heterocycles. The number of likely N-dealkylation sites (tertiary alicyclic amines) is 1. The van der Waals surface area contributed by atoms with Gasteiger partial charge in [0.1, 0.15) is 12.1 Å². The van der Waals surface area contributed by atoms with Crippen LogP contribution < -0.4 is 5.32 Å². The molecule has 0 bridgehead atoms. The van der Waals surface area contributed by atoms with E-state index in [9.17, 15) is 9.90 Å². The third kappa shape index (κ3) is 5.56. The third-order valence-corrected chi connectivity index (χ3v) is 4.69. The van der Waals surface area contributed by atoms with E-state index in [-0.39, 0.29) is 5.91 Å². The number of unbranched alkanes of at least 4 members (excludes halogenated alkanes) is 4. The number of carbonyl (C=O) groups is 1. The summed E-state index contributed by atoms with van der Waals surface area (Å²) < 4.78 is 0. The van der Waals surface area contributed by atoms with Crippen molar-refractivity contribution in [3.63, 3.8) is 0 Å². The smallest absolute Gasteiger partial charge is 0.242 e. The zero-order valence-electron chi connectivity index (χ0n) is 14.8. The first kappa shape index (κ1) is 18.9. The molecule has 5 heteroatoms. The van der Waals surface area contributed by atoms with Gasteiger partial charge in [0, 0.05) is 25.5 Å². The van der Waals surface area contributed by atoms with Gasteiger partial charge in [0.2, 0.25) is 5.91 Å². The van der Waals surface area contributed by atoms with Gasteiger partial charge in [-0.05, 0) is 43.5 Å². The number of nitrogens with zero attached hydrogens (tertiary/aromatic N) is 2. The lowest BCUT2D eigenvalue weighted by atomic mass is 10.0. The fourth-order valence-electron chi connectivity index (χ4n) is 3.21. The monoisotopic (exact) mass is 333 g/mol. The first-order valence-electron chi connectivity index (χ1n) is 9.34. The molecule has 1 aliphatic heterocycles. The van der Waals surface area contributed by atoms with Crippen LogP contribution in [0.25, 0.3) is 0 Å². The van der Waals surface area contributed by atoms with Gasteiger partial charge in [-0.25, -0.2) is 0 Å². The third-order valence-electron chi connectivity index (χ3n) is 4.69. The Balaban J connectivity index is 1.94. The number of aliphatic hydroxyl groups excluding tert-OH is 1. The summed E-state index contributed by atoms with van der Waals surface area (Å²) in [5, 5.41) is 14.0. The Morgan fingerprint density at radius 2 is 1.88 bits per heavy atom. The Hall–Kier alpha value is -1.46. The fraction of sp³-hybridized carbons (Fsp3) is 0.684. The molecule has 2 rings (SSSR count). The molecule has 134 valence electrons. The van der Waals surface area contributed by atoms with Crippen LogP contribution in [-0.4, -0.2) is 46.6 Å². The van der Waals surface area contributed by atoms with Crippen molar-refractivity contribution < 1.29 is 9.90 Å². The van der Waals surface area contributed by atoms with E-state index >= 15 is 0 Å². The van der Waals surface area contributed by atoms with Crippen LogP contribution >= 0.6 is 0 Å². The minimum absolute atomic E-state index is 0.0189. The maximum absolute atomic E-state index is 12.8. The highest BCUT2D eigenvalue weighted by atomic mass is 16.3. The molecule has 1 saturated heterocycles. The molecule has 1 fully saturated rings. The Labute approximate surface area is 145 Å². The van der Waals surface area contributed by atoms with E-state index in [4.69, 9.17) is 0 Å². The van der Waals surface area contributed by atoms with Crippen LogP contribution in [0.5, 0.6) is 0 Å². The summed E-state index contributed by atoms with van der Waals surface area (Å²) in [6.07, 6.45) is 10.5. The molecular formula is C19H31N3O2. The van der Waals surface area contributed by atoms with E-state index in [1.165, 1.54) is 19.3 Å². The molecule has 0 aliphatic carbocycles. The predicted octanol–water partition coefficient (Wildman–Crippen LogP) is 2.67. The van der Waals surface area contributed by atoms with Crippen LogP contribution in [0, 0.1) is 0 Å². The number of hydrogen-bond donors (Lipinski definition) is 2. The van der Waals surface area contributed by atoms with Crippen molar-refractivity contribution in [3.8, 4) is 0 Å². The second-order valence-corrected chi connectivity index (χ2v) is 6.60. The average Bonchev–Trinajstić information content (AvgIpc) is 3.15. The average molecular weight is 333 g/mol. The Morgan fingerprint density at radius 1 is 1.21 bits per heavy atom. The summed E-state index contributed by atoms with van der Waals surface area (Å²) in [4.78, 5) is 18.7. The van der Waals surface area contributed by atoms with E-state index in [0.29, 0.717) is 0 Å². The highest BCUT2D eigenvalue weighted by Gasteiger charge is 2.32. The van der Waals surface area contributed by atoms with Crippen LogP contribution in [-0.2, 0) is 4.79 Å². The summed E-state index contributed by atoms with van der Waals surface area (Å²) in [6.45, 7) is 4.57. The van der Waals surface area contributed by atoms with Gasteiger partial charge in [-0.2, -0.15) is 0 Å². The topological polar surface area (TPSA) is 65.5 Å². The number of aromatic nitrogens is 1.